The molecule has 1 aromatic rings. The average molecular weight is 239 g/mol. The Hall–Kier alpha value is -0.300. The van der Waals surface area contributed by atoms with E-state index in [0.717, 1.165) is 17.2 Å². The maximum atomic E-state index is 3.61. The van der Waals surface area contributed by atoms with Crippen molar-refractivity contribution in [3.63, 3.8) is 0 Å². The molecule has 1 aliphatic carbocycles. The Labute approximate surface area is 88.5 Å². The molecular weight excluding hydrogens is 224 g/mol. The van der Waals surface area contributed by atoms with Crippen LogP contribution in [-0.2, 0) is 0 Å². The third-order valence-corrected chi connectivity index (χ3v) is 3.92. The summed E-state index contributed by atoms with van der Waals surface area (Å²) >= 11 is 3.61. The highest BCUT2D eigenvalue weighted by molar-refractivity contribution is 9.09. The van der Waals surface area contributed by atoms with Gasteiger partial charge in [0, 0.05) is 5.33 Å². The minimum absolute atomic E-state index is 0.806. The summed E-state index contributed by atoms with van der Waals surface area (Å²) in [5.41, 5.74) is 1.53. The van der Waals surface area contributed by atoms with Crippen molar-refractivity contribution in [1.29, 1.82) is 0 Å². The van der Waals surface area contributed by atoms with Gasteiger partial charge in [0.25, 0.3) is 0 Å². The maximum Gasteiger partial charge on any atom is 0.00655 e. The summed E-state index contributed by atoms with van der Waals surface area (Å²) in [7, 11) is 0. The van der Waals surface area contributed by atoms with E-state index < -0.39 is 0 Å². The quantitative estimate of drug-likeness (QED) is 0.685. The maximum absolute atomic E-state index is 3.61. The first kappa shape index (κ1) is 9.26. The second kappa shape index (κ2) is 4.28. The van der Waals surface area contributed by atoms with E-state index in [2.05, 4.69) is 46.3 Å². The minimum atomic E-state index is 0.806. The van der Waals surface area contributed by atoms with Gasteiger partial charge in [0.1, 0.15) is 0 Å². The molecule has 1 saturated carbocycles. The van der Waals surface area contributed by atoms with Crippen molar-refractivity contribution in [1.82, 2.24) is 0 Å². The molecule has 2 rings (SSSR count). The lowest BCUT2D eigenvalue weighted by atomic mass is 9.90. The Morgan fingerprint density at radius 2 is 1.92 bits per heavy atom. The molecular formula is C12H15Br. The molecule has 0 radical (unpaired) electrons. The highest BCUT2D eigenvalue weighted by atomic mass is 79.9. The van der Waals surface area contributed by atoms with Crippen LogP contribution in [0.15, 0.2) is 30.3 Å². The fourth-order valence-electron chi connectivity index (χ4n) is 2.36. The first-order chi connectivity index (χ1) is 6.42. The second-order valence-electron chi connectivity index (χ2n) is 3.86. The normalized spacial score (nSPS) is 27.8. The number of alkyl halides is 1. The highest BCUT2D eigenvalue weighted by Crippen LogP contribution is 2.40. The summed E-state index contributed by atoms with van der Waals surface area (Å²) in [6.45, 7) is 0. The molecule has 0 aliphatic heterocycles. The highest BCUT2D eigenvalue weighted by Gasteiger charge is 2.27. The van der Waals surface area contributed by atoms with E-state index in [0.29, 0.717) is 0 Å². The lowest BCUT2D eigenvalue weighted by Gasteiger charge is -2.17. The number of hydrogen-bond donors (Lipinski definition) is 0. The lowest BCUT2D eigenvalue weighted by molar-refractivity contribution is 0.545. The molecule has 13 heavy (non-hydrogen) atoms. The van der Waals surface area contributed by atoms with Gasteiger partial charge in [-0.25, -0.2) is 0 Å². The van der Waals surface area contributed by atoms with Crippen LogP contribution in [0.3, 0.4) is 0 Å². The van der Waals surface area contributed by atoms with Gasteiger partial charge < -0.3 is 0 Å². The first-order valence-corrected chi connectivity index (χ1v) is 6.15. The van der Waals surface area contributed by atoms with Crippen molar-refractivity contribution in [2.75, 3.05) is 5.33 Å². The van der Waals surface area contributed by atoms with Crippen LogP contribution >= 0.6 is 15.9 Å². The number of benzene rings is 1. The third kappa shape index (κ3) is 1.96. The Bertz CT molecular complexity index is 255. The fourth-order valence-corrected chi connectivity index (χ4v) is 3.14. The minimum Gasteiger partial charge on any atom is -0.0925 e. The lowest BCUT2D eigenvalue weighted by Crippen LogP contribution is -2.06. The molecule has 0 unspecified atom stereocenters. The second-order valence-corrected chi connectivity index (χ2v) is 4.51. The molecule has 0 bridgehead atoms. The van der Waals surface area contributed by atoms with Gasteiger partial charge in [0.05, 0.1) is 0 Å². The van der Waals surface area contributed by atoms with Crippen molar-refractivity contribution in [2.45, 2.75) is 25.2 Å². The Morgan fingerprint density at radius 3 is 2.62 bits per heavy atom. The number of halogens is 1. The van der Waals surface area contributed by atoms with Crippen LogP contribution in [0.25, 0.3) is 0 Å². The monoisotopic (exact) mass is 238 g/mol. The van der Waals surface area contributed by atoms with Crippen molar-refractivity contribution in [3.05, 3.63) is 35.9 Å². The van der Waals surface area contributed by atoms with Crippen LogP contribution in [-0.4, -0.2) is 5.33 Å². The van der Waals surface area contributed by atoms with Gasteiger partial charge in [-0.3, -0.25) is 0 Å². The summed E-state index contributed by atoms with van der Waals surface area (Å²) in [4.78, 5) is 0. The van der Waals surface area contributed by atoms with Crippen LogP contribution in [0.4, 0.5) is 0 Å². The fraction of sp³-hybridized carbons (Fsp3) is 0.500. The van der Waals surface area contributed by atoms with E-state index in [-0.39, 0.29) is 0 Å². The molecule has 0 N–H and O–H groups in total. The van der Waals surface area contributed by atoms with Gasteiger partial charge in [0.15, 0.2) is 0 Å². The Kier molecular flexibility index (Phi) is 3.05. The van der Waals surface area contributed by atoms with E-state index in [1.165, 1.54) is 24.8 Å². The summed E-state index contributed by atoms with van der Waals surface area (Å²) in [6.07, 6.45) is 4.17. The van der Waals surface area contributed by atoms with Gasteiger partial charge in [-0.2, -0.15) is 0 Å². The SMILES string of the molecule is BrC[C@@H]1CCC[C@H]1c1ccccc1. The van der Waals surface area contributed by atoms with Crippen molar-refractivity contribution in [2.24, 2.45) is 5.92 Å². The molecule has 1 aliphatic rings. The zero-order chi connectivity index (χ0) is 9.10. The zero-order valence-electron chi connectivity index (χ0n) is 7.75. The van der Waals surface area contributed by atoms with E-state index in [9.17, 15) is 0 Å². The van der Waals surface area contributed by atoms with Crippen LogP contribution in [0.5, 0.6) is 0 Å². The number of hydrogen-bond acceptors (Lipinski definition) is 0. The van der Waals surface area contributed by atoms with Gasteiger partial charge in [0.2, 0.25) is 0 Å². The molecule has 1 heteroatoms. The van der Waals surface area contributed by atoms with Crippen LogP contribution < -0.4 is 0 Å². The van der Waals surface area contributed by atoms with Crippen molar-refractivity contribution >= 4 is 15.9 Å². The summed E-state index contributed by atoms with van der Waals surface area (Å²) in [5.74, 6) is 1.67. The third-order valence-electron chi connectivity index (χ3n) is 3.08. The Morgan fingerprint density at radius 1 is 1.15 bits per heavy atom. The molecule has 0 amide bonds. The molecule has 70 valence electrons. The predicted octanol–water partition coefficient (Wildman–Crippen LogP) is 3.97. The average Bonchev–Trinajstić information content (AvgIpc) is 2.67. The van der Waals surface area contributed by atoms with E-state index in [1.54, 1.807) is 0 Å². The standard InChI is InChI=1S/C12H15Br/c13-9-11-7-4-8-12(11)10-5-2-1-3-6-10/h1-3,5-6,11-12H,4,7-9H2/t11-,12-/m0/s1. The summed E-state index contributed by atoms with van der Waals surface area (Å²) in [6, 6.07) is 10.9. The van der Waals surface area contributed by atoms with Crippen molar-refractivity contribution in [3.8, 4) is 0 Å². The first-order valence-electron chi connectivity index (χ1n) is 5.02. The summed E-state index contributed by atoms with van der Waals surface area (Å²) < 4.78 is 0. The Balaban J connectivity index is 2.16. The molecule has 0 spiro atoms. The largest absolute Gasteiger partial charge is 0.0925 e. The van der Waals surface area contributed by atoms with Crippen molar-refractivity contribution < 1.29 is 0 Å². The topological polar surface area (TPSA) is 0 Å². The molecule has 2 atom stereocenters. The van der Waals surface area contributed by atoms with Gasteiger partial charge >= 0.3 is 0 Å². The summed E-state index contributed by atoms with van der Waals surface area (Å²) in [5, 5.41) is 1.16. The molecule has 1 fully saturated rings. The molecule has 0 nitrogen and oxygen atoms in total. The van der Waals surface area contributed by atoms with E-state index in [1.807, 2.05) is 0 Å². The van der Waals surface area contributed by atoms with Crippen LogP contribution in [0, 0.1) is 5.92 Å². The van der Waals surface area contributed by atoms with Crippen LogP contribution in [0.2, 0.25) is 0 Å². The zero-order valence-corrected chi connectivity index (χ0v) is 9.33. The molecule has 0 heterocycles. The number of rotatable bonds is 2. The molecule has 0 aromatic heterocycles. The van der Waals surface area contributed by atoms with E-state index in [4.69, 9.17) is 0 Å². The van der Waals surface area contributed by atoms with Gasteiger partial charge in [-0.05, 0) is 30.2 Å². The van der Waals surface area contributed by atoms with Crippen LogP contribution in [0.1, 0.15) is 30.7 Å². The van der Waals surface area contributed by atoms with Gasteiger partial charge in [-0.1, -0.05) is 52.7 Å². The van der Waals surface area contributed by atoms with E-state index >= 15 is 0 Å². The molecule has 0 saturated heterocycles. The predicted molar refractivity (Wildman–Crippen MR) is 60.3 cm³/mol. The van der Waals surface area contributed by atoms with Gasteiger partial charge in [-0.15, -0.1) is 0 Å². The smallest absolute Gasteiger partial charge is 0.00655 e. The molecule has 1 aromatic carbocycles.